The van der Waals surface area contributed by atoms with E-state index in [9.17, 15) is 9.59 Å². The van der Waals surface area contributed by atoms with Crippen molar-refractivity contribution in [2.75, 3.05) is 66.9 Å². The number of hydrogen-bond acceptors (Lipinski definition) is 8. The Morgan fingerprint density at radius 1 is 0.810 bits per heavy atom. The Morgan fingerprint density at radius 2 is 1.55 bits per heavy atom. The molecule has 2 amide bonds. The van der Waals surface area contributed by atoms with E-state index in [1.54, 1.807) is 32.4 Å². The molecule has 3 aromatic rings. The van der Waals surface area contributed by atoms with Crippen molar-refractivity contribution < 1.29 is 38.0 Å². The van der Waals surface area contributed by atoms with E-state index in [0.29, 0.717) is 73.7 Å². The van der Waals surface area contributed by atoms with Gasteiger partial charge in [0.2, 0.25) is 5.91 Å². The molecule has 0 aromatic heterocycles. The van der Waals surface area contributed by atoms with Gasteiger partial charge in [0, 0.05) is 18.7 Å². The van der Waals surface area contributed by atoms with E-state index in [1.807, 2.05) is 41.3 Å². The van der Waals surface area contributed by atoms with Gasteiger partial charge < -0.3 is 38.2 Å². The molecule has 1 atom stereocenters. The summed E-state index contributed by atoms with van der Waals surface area (Å²) < 4.78 is 34.1. The molecule has 0 spiro atoms. The topological polar surface area (TPSA) is 96.0 Å². The van der Waals surface area contributed by atoms with Gasteiger partial charge in [0.1, 0.15) is 32.1 Å². The zero-order valence-corrected chi connectivity index (χ0v) is 23.8. The number of ether oxygens (including phenoxy) is 6. The van der Waals surface area contributed by atoms with Crippen LogP contribution in [0.15, 0.2) is 54.6 Å². The summed E-state index contributed by atoms with van der Waals surface area (Å²) in [4.78, 5) is 31.3. The molecule has 3 aromatic carbocycles. The van der Waals surface area contributed by atoms with E-state index in [1.165, 1.54) is 4.90 Å². The maximum Gasteiger partial charge on any atom is 0.254 e. The fraction of sp³-hybridized carbons (Fsp3) is 0.375. The van der Waals surface area contributed by atoms with Crippen LogP contribution < -0.4 is 23.7 Å². The van der Waals surface area contributed by atoms with Gasteiger partial charge in [-0.05, 0) is 65.6 Å². The Kier molecular flexibility index (Phi) is 8.05. The summed E-state index contributed by atoms with van der Waals surface area (Å²) in [5.41, 5.74) is 3.39. The van der Waals surface area contributed by atoms with Crippen molar-refractivity contribution in [1.82, 2.24) is 9.80 Å². The molecule has 220 valence electrons. The van der Waals surface area contributed by atoms with E-state index in [2.05, 4.69) is 0 Å². The first kappa shape index (κ1) is 27.7. The van der Waals surface area contributed by atoms with Crippen LogP contribution in [0, 0.1) is 0 Å². The largest absolute Gasteiger partial charge is 0.493 e. The summed E-state index contributed by atoms with van der Waals surface area (Å²) in [6, 6.07) is 16.4. The summed E-state index contributed by atoms with van der Waals surface area (Å²) in [6.07, 6.45) is 0.637. The molecule has 7 rings (SSSR count). The highest BCUT2D eigenvalue weighted by molar-refractivity contribution is 5.97. The Balaban J connectivity index is 1.35. The van der Waals surface area contributed by atoms with Gasteiger partial charge in [-0.2, -0.15) is 0 Å². The number of carbonyl (C=O) groups excluding carboxylic acids is 2. The van der Waals surface area contributed by atoms with Crippen LogP contribution in [0.5, 0.6) is 28.7 Å². The number of fused-ring (bicyclic) bond motifs is 12. The highest BCUT2D eigenvalue weighted by Crippen LogP contribution is 2.41. The molecule has 4 heterocycles. The van der Waals surface area contributed by atoms with Crippen molar-refractivity contribution in [1.29, 1.82) is 0 Å². The van der Waals surface area contributed by atoms with Gasteiger partial charge >= 0.3 is 0 Å². The molecule has 0 saturated heterocycles. The summed E-state index contributed by atoms with van der Waals surface area (Å²) in [7, 11) is 3.21. The Labute approximate surface area is 244 Å². The molecular formula is C32H34N2O8. The third kappa shape index (κ3) is 5.54. The molecule has 2 bridgehead atoms. The highest BCUT2D eigenvalue weighted by atomic mass is 16.6. The molecule has 4 aliphatic rings. The number of hydrogen-bond donors (Lipinski definition) is 0. The minimum Gasteiger partial charge on any atom is -0.493 e. The number of carbonyl (C=O) groups is 2. The van der Waals surface area contributed by atoms with Crippen LogP contribution in [0.4, 0.5) is 0 Å². The van der Waals surface area contributed by atoms with Gasteiger partial charge in [-0.3, -0.25) is 9.59 Å². The second kappa shape index (κ2) is 12.2. The lowest BCUT2D eigenvalue weighted by Gasteiger charge is -2.39. The SMILES string of the molecule is COc1cc2c(cc1OC)C1c3ccc(cc3)OCCOCCN(C(=O)c3ccc4c(c3)OCCO4)CC(=O)N1CC2. The van der Waals surface area contributed by atoms with Gasteiger partial charge in [0.25, 0.3) is 5.91 Å². The fourth-order valence-electron chi connectivity index (χ4n) is 5.68. The van der Waals surface area contributed by atoms with Crippen molar-refractivity contribution in [2.24, 2.45) is 0 Å². The molecule has 4 aliphatic heterocycles. The number of benzene rings is 3. The first-order valence-corrected chi connectivity index (χ1v) is 14.1. The van der Waals surface area contributed by atoms with E-state index in [-0.39, 0.29) is 37.6 Å². The van der Waals surface area contributed by atoms with Crippen molar-refractivity contribution in [3.63, 3.8) is 0 Å². The summed E-state index contributed by atoms with van der Waals surface area (Å²) in [5.74, 6) is 2.62. The van der Waals surface area contributed by atoms with Crippen LogP contribution >= 0.6 is 0 Å². The maximum absolute atomic E-state index is 14.1. The maximum atomic E-state index is 14.1. The summed E-state index contributed by atoms with van der Waals surface area (Å²) in [5, 5.41) is 0. The van der Waals surface area contributed by atoms with Crippen LogP contribution in [0.25, 0.3) is 0 Å². The Bertz CT molecular complexity index is 1460. The number of amides is 2. The lowest BCUT2D eigenvalue weighted by atomic mass is 9.87. The third-order valence-corrected chi connectivity index (χ3v) is 7.79. The predicted molar refractivity (Wildman–Crippen MR) is 153 cm³/mol. The van der Waals surface area contributed by atoms with Gasteiger partial charge in [-0.1, -0.05) is 12.1 Å². The van der Waals surface area contributed by atoms with Crippen molar-refractivity contribution >= 4 is 11.8 Å². The molecule has 0 aliphatic carbocycles. The molecule has 0 saturated carbocycles. The van der Waals surface area contributed by atoms with Crippen molar-refractivity contribution in [3.05, 3.63) is 76.9 Å². The Hall–Kier alpha value is -4.44. The highest BCUT2D eigenvalue weighted by Gasteiger charge is 2.35. The van der Waals surface area contributed by atoms with E-state index in [4.69, 9.17) is 28.4 Å². The number of nitrogens with zero attached hydrogens (tertiary/aromatic N) is 2. The minimum atomic E-state index is -0.386. The van der Waals surface area contributed by atoms with Crippen molar-refractivity contribution in [2.45, 2.75) is 12.5 Å². The minimum absolute atomic E-state index is 0.107. The third-order valence-electron chi connectivity index (χ3n) is 7.79. The van der Waals surface area contributed by atoms with Gasteiger partial charge in [0.15, 0.2) is 23.0 Å². The fourth-order valence-corrected chi connectivity index (χ4v) is 5.68. The summed E-state index contributed by atoms with van der Waals surface area (Å²) >= 11 is 0. The number of rotatable bonds is 3. The first-order valence-electron chi connectivity index (χ1n) is 14.1. The number of methoxy groups -OCH3 is 2. The second-order valence-electron chi connectivity index (χ2n) is 10.3. The van der Waals surface area contributed by atoms with Gasteiger partial charge in [-0.25, -0.2) is 0 Å². The molecule has 10 heteroatoms. The summed E-state index contributed by atoms with van der Waals surface area (Å²) in [6.45, 7) is 2.46. The predicted octanol–water partition coefficient (Wildman–Crippen LogP) is 3.50. The average molecular weight is 575 g/mol. The lowest BCUT2D eigenvalue weighted by Crippen LogP contribution is -2.47. The zero-order valence-electron chi connectivity index (χ0n) is 23.8. The monoisotopic (exact) mass is 574 g/mol. The van der Waals surface area contributed by atoms with Crippen molar-refractivity contribution in [3.8, 4) is 28.7 Å². The molecule has 1 unspecified atom stereocenters. The van der Waals surface area contributed by atoms with Crippen LogP contribution in [-0.4, -0.2) is 88.5 Å². The zero-order chi connectivity index (χ0) is 29.1. The van der Waals surface area contributed by atoms with Crippen LogP contribution in [-0.2, 0) is 16.0 Å². The standard InChI is InChI=1S/C32H34N2O8/c1-37-27-17-22-9-10-34-30(35)20-33(32(36)23-5-8-26-29(18-23)42-16-15-41-26)11-12-39-13-14-40-24-6-3-21(4-7-24)31(34)25(22)19-28(27)38-2/h3-8,17-19,31H,9-16,20H2,1-2H3. The van der Waals surface area contributed by atoms with E-state index in [0.717, 1.165) is 16.7 Å². The molecule has 10 nitrogen and oxygen atoms in total. The molecule has 0 fully saturated rings. The molecule has 0 radical (unpaired) electrons. The molecule has 42 heavy (non-hydrogen) atoms. The Morgan fingerprint density at radius 3 is 2.33 bits per heavy atom. The smallest absolute Gasteiger partial charge is 0.254 e. The average Bonchev–Trinajstić information content (AvgIpc) is 3.04. The molecule has 0 N–H and O–H groups in total. The van der Waals surface area contributed by atoms with Crippen LogP contribution in [0.3, 0.4) is 0 Å². The van der Waals surface area contributed by atoms with E-state index >= 15 is 0 Å². The van der Waals surface area contributed by atoms with Crippen LogP contribution in [0.2, 0.25) is 0 Å². The molecular weight excluding hydrogens is 540 g/mol. The van der Waals surface area contributed by atoms with Gasteiger partial charge in [-0.15, -0.1) is 0 Å². The normalized spacial score (nSPS) is 18.6. The first-order chi connectivity index (χ1) is 20.6. The van der Waals surface area contributed by atoms with E-state index < -0.39 is 0 Å². The van der Waals surface area contributed by atoms with Crippen LogP contribution in [0.1, 0.15) is 33.1 Å². The quantitative estimate of drug-likeness (QED) is 0.439. The second-order valence-corrected chi connectivity index (χ2v) is 10.3. The van der Waals surface area contributed by atoms with Gasteiger partial charge in [0.05, 0.1) is 33.5 Å². The lowest BCUT2D eigenvalue weighted by molar-refractivity contribution is -0.134.